The molecule has 3 aromatic carbocycles. The van der Waals surface area contributed by atoms with E-state index < -0.39 is 41.0 Å². The van der Waals surface area contributed by atoms with Gasteiger partial charge in [-0.2, -0.15) is 9.78 Å². The lowest BCUT2D eigenvalue weighted by molar-refractivity contribution is 0.0941. The summed E-state index contributed by atoms with van der Waals surface area (Å²) in [7, 11) is 0. The van der Waals surface area contributed by atoms with Crippen LogP contribution in [0.3, 0.4) is 0 Å². The van der Waals surface area contributed by atoms with Gasteiger partial charge < -0.3 is 5.32 Å². The summed E-state index contributed by atoms with van der Waals surface area (Å²) in [6.45, 7) is -0.421. The van der Waals surface area contributed by atoms with Crippen molar-refractivity contribution >= 4 is 17.5 Å². The lowest BCUT2D eigenvalue weighted by atomic mass is 10.2. The van der Waals surface area contributed by atoms with E-state index >= 15 is 0 Å². The van der Waals surface area contributed by atoms with Crippen molar-refractivity contribution in [1.82, 2.24) is 19.7 Å². The van der Waals surface area contributed by atoms with E-state index in [0.717, 1.165) is 9.25 Å². The van der Waals surface area contributed by atoms with Crippen LogP contribution in [-0.2, 0) is 13.1 Å². The third-order valence-electron chi connectivity index (χ3n) is 4.98. The summed E-state index contributed by atoms with van der Waals surface area (Å²) in [6.07, 6.45) is 0. The third-order valence-corrected chi connectivity index (χ3v) is 5.22. The Labute approximate surface area is 196 Å². The van der Waals surface area contributed by atoms with Crippen LogP contribution < -0.4 is 16.6 Å². The van der Waals surface area contributed by atoms with Crippen LogP contribution in [0.4, 0.5) is 8.78 Å². The quantitative estimate of drug-likeness (QED) is 0.457. The molecule has 0 aliphatic rings. The zero-order valence-electron chi connectivity index (χ0n) is 17.5. The molecule has 0 aliphatic heterocycles. The summed E-state index contributed by atoms with van der Waals surface area (Å²) in [5, 5.41) is 6.82. The van der Waals surface area contributed by atoms with Gasteiger partial charge in [0, 0.05) is 17.1 Å². The van der Waals surface area contributed by atoms with Gasteiger partial charge in [0.1, 0.15) is 11.6 Å². The Hall–Kier alpha value is -4.11. The van der Waals surface area contributed by atoms with Crippen LogP contribution in [0.1, 0.15) is 21.6 Å². The van der Waals surface area contributed by atoms with Crippen molar-refractivity contribution in [3.8, 4) is 5.69 Å². The van der Waals surface area contributed by atoms with E-state index in [1.807, 2.05) is 0 Å². The van der Waals surface area contributed by atoms with Gasteiger partial charge in [-0.1, -0.05) is 48.0 Å². The molecule has 34 heavy (non-hydrogen) atoms. The van der Waals surface area contributed by atoms with Crippen LogP contribution in [0.5, 0.6) is 0 Å². The van der Waals surface area contributed by atoms with Crippen LogP contribution in [0, 0.1) is 11.6 Å². The number of carbonyl (C=O) groups is 1. The van der Waals surface area contributed by atoms with Gasteiger partial charge in [-0.15, -0.1) is 0 Å². The number of nitrogens with one attached hydrogen (secondary N) is 1. The molecule has 4 rings (SSSR count). The summed E-state index contributed by atoms with van der Waals surface area (Å²) >= 11 is 6.03. The lowest BCUT2D eigenvalue weighted by Crippen LogP contribution is -2.46. The first-order chi connectivity index (χ1) is 16.3. The van der Waals surface area contributed by atoms with E-state index in [9.17, 15) is 23.2 Å². The van der Waals surface area contributed by atoms with E-state index in [2.05, 4.69) is 10.4 Å². The average molecular weight is 483 g/mol. The predicted octanol–water partition coefficient (Wildman–Crippen LogP) is 3.30. The molecule has 1 aromatic heterocycles. The van der Waals surface area contributed by atoms with Gasteiger partial charge in [0.05, 0.1) is 12.2 Å². The molecule has 1 amide bonds. The van der Waals surface area contributed by atoms with Crippen molar-refractivity contribution in [2.75, 3.05) is 0 Å². The van der Waals surface area contributed by atoms with E-state index in [1.54, 1.807) is 18.2 Å². The molecule has 10 heteroatoms. The van der Waals surface area contributed by atoms with Gasteiger partial charge >= 0.3 is 5.69 Å². The van der Waals surface area contributed by atoms with Crippen molar-refractivity contribution in [1.29, 1.82) is 0 Å². The Morgan fingerprint density at radius 1 is 0.971 bits per heavy atom. The monoisotopic (exact) mass is 482 g/mol. The molecule has 0 bridgehead atoms. The van der Waals surface area contributed by atoms with Gasteiger partial charge in [0.25, 0.3) is 11.5 Å². The molecule has 0 saturated heterocycles. The molecular weight excluding hydrogens is 466 g/mol. The zero-order chi connectivity index (χ0) is 24.2. The first-order valence-electron chi connectivity index (χ1n) is 10.1. The maximum Gasteiger partial charge on any atom is 0.352 e. The van der Waals surface area contributed by atoms with Crippen molar-refractivity contribution in [2.24, 2.45) is 0 Å². The molecule has 1 N–H and O–H groups in total. The summed E-state index contributed by atoms with van der Waals surface area (Å²) in [5.41, 5.74) is -1.54. The Bertz CT molecular complexity index is 1480. The highest BCUT2D eigenvalue weighted by atomic mass is 35.5. The standard InChI is InChI=1S/C24H17ClF2N4O3/c25-17-5-3-6-19(12-17)31-24(34)30(14-16-4-1-2-7-20(16)27)23(33)21(29-31)22(32)28-13-15-8-10-18(26)11-9-15/h1-12H,13-14H2,(H,28,32). The zero-order valence-corrected chi connectivity index (χ0v) is 18.3. The maximum absolute atomic E-state index is 14.2. The number of rotatable bonds is 6. The molecule has 0 fully saturated rings. The minimum Gasteiger partial charge on any atom is -0.346 e. The summed E-state index contributed by atoms with van der Waals surface area (Å²) in [6, 6.07) is 17.2. The van der Waals surface area contributed by atoms with Gasteiger partial charge in [-0.25, -0.2) is 13.6 Å². The topological polar surface area (TPSA) is 86.0 Å². The van der Waals surface area contributed by atoms with Crippen molar-refractivity contribution in [2.45, 2.75) is 13.1 Å². The molecule has 7 nitrogen and oxygen atoms in total. The second-order valence-electron chi connectivity index (χ2n) is 7.31. The first kappa shape index (κ1) is 23.1. The van der Waals surface area contributed by atoms with Gasteiger partial charge in [-0.05, 0) is 42.0 Å². The molecule has 0 atom stereocenters. The average Bonchev–Trinajstić information content (AvgIpc) is 2.82. The third kappa shape index (κ3) is 4.94. The number of amides is 1. The van der Waals surface area contributed by atoms with E-state index in [1.165, 1.54) is 54.6 Å². The smallest absolute Gasteiger partial charge is 0.346 e. The second-order valence-corrected chi connectivity index (χ2v) is 7.75. The first-order valence-corrected chi connectivity index (χ1v) is 10.5. The SMILES string of the molecule is O=C(NCc1ccc(F)cc1)c1nn(-c2cccc(Cl)c2)c(=O)n(Cc2ccccc2F)c1=O. The van der Waals surface area contributed by atoms with Gasteiger partial charge in [0.2, 0.25) is 5.69 Å². The Balaban J connectivity index is 1.78. The maximum atomic E-state index is 14.2. The molecule has 1 heterocycles. The number of nitrogens with zero attached hydrogens (tertiary/aromatic N) is 3. The number of carbonyl (C=O) groups excluding carboxylic acids is 1. The fourth-order valence-corrected chi connectivity index (χ4v) is 3.42. The molecule has 0 aliphatic carbocycles. The minimum absolute atomic E-state index is 0.0101. The normalized spacial score (nSPS) is 10.8. The lowest BCUT2D eigenvalue weighted by Gasteiger charge is -2.13. The highest BCUT2D eigenvalue weighted by Crippen LogP contribution is 2.13. The number of hydrogen-bond donors (Lipinski definition) is 1. The Morgan fingerprint density at radius 3 is 2.41 bits per heavy atom. The number of hydrogen-bond acceptors (Lipinski definition) is 4. The molecule has 4 aromatic rings. The van der Waals surface area contributed by atoms with Crippen LogP contribution in [-0.4, -0.2) is 20.3 Å². The second kappa shape index (κ2) is 9.80. The Kier molecular flexibility index (Phi) is 6.65. The molecule has 0 radical (unpaired) electrons. The van der Waals surface area contributed by atoms with Crippen LogP contribution in [0.2, 0.25) is 5.02 Å². The van der Waals surface area contributed by atoms with Crippen LogP contribution in [0.15, 0.2) is 82.4 Å². The van der Waals surface area contributed by atoms with Crippen LogP contribution >= 0.6 is 11.6 Å². The summed E-state index contributed by atoms with van der Waals surface area (Å²) in [4.78, 5) is 39.1. The molecule has 172 valence electrons. The van der Waals surface area contributed by atoms with Gasteiger partial charge in [0.15, 0.2) is 0 Å². The van der Waals surface area contributed by atoms with E-state index in [-0.39, 0.29) is 17.8 Å². The van der Waals surface area contributed by atoms with Crippen molar-refractivity contribution in [3.05, 3.63) is 127 Å². The van der Waals surface area contributed by atoms with Crippen LogP contribution in [0.25, 0.3) is 5.69 Å². The summed E-state index contributed by atoms with van der Waals surface area (Å²) in [5.74, 6) is -1.89. The highest BCUT2D eigenvalue weighted by Gasteiger charge is 2.21. The largest absolute Gasteiger partial charge is 0.352 e. The molecule has 0 saturated carbocycles. The Morgan fingerprint density at radius 2 is 1.71 bits per heavy atom. The summed E-state index contributed by atoms with van der Waals surface area (Å²) < 4.78 is 29.0. The fourth-order valence-electron chi connectivity index (χ4n) is 3.24. The number of halogens is 3. The van der Waals surface area contributed by atoms with E-state index in [4.69, 9.17) is 11.6 Å². The van der Waals surface area contributed by atoms with E-state index in [0.29, 0.717) is 10.6 Å². The van der Waals surface area contributed by atoms with Gasteiger partial charge in [-0.3, -0.25) is 14.2 Å². The predicted molar refractivity (Wildman–Crippen MR) is 122 cm³/mol. The molecule has 0 spiro atoms. The van der Waals surface area contributed by atoms with Crippen molar-refractivity contribution < 1.29 is 13.6 Å². The number of benzene rings is 3. The highest BCUT2D eigenvalue weighted by molar-refractivity contribution is 6.30. The molecule has 0 unspecified atom stereocenters. The number of aromatic nitrogens is 3. The fraction of sp³-hybridized carbons (Fsp3) is 0.0833. The van der Waals surface area contributed by atoms with Crippen molar-refractivity contribution in [3.63, 3.8) is 0 Å². The molecular formula is C24H17ClF2N4O3. The minimum atomic E-state index is -0.983.